The molecule has 8 heteroatoms. The normalized spacial score (nSPS) is 12.9. The Morgan fingerprint density at radius 2 is 2.11 bits per heavy atom. The topological polar surface area (TPSA) is 72.5 Å². The molecule has 0 spiro atoms. The standard InChI is InChI=1S/C10H11BrINO4S/c1-6(10(14)17-2)18(15,16)13-9-5-7(12)3-4-8(9)11/h3-6,13H,1-2H3. The Labute approximate surface area is 128 Å². The van der Waals surface area contributed by atoms with E-state index in [9.17, 15) is 13.2 Å². The summed E-state index contributed by atoms with van der Waals surface area (Å²) >= 11 is 5.30. The van der Waals surface area contributed by atoms with Crippen LogP contribution in [0.15, 0.2) is 22.7 Å². The number of nitrogens with one attached hydrogen (secondary N) is 1. The molecule has 18 heavy (non-hydrogen) atoms. The number of ether oxygens (including phenoxy) is 1. The van der Waals surface area contributed by atoms with E-state index in [1.54, 1.807) is 12.1 Å². The van der Waals surface area contributed by atoms with Gasteiger partial charge in [0.25, 0.3) is 0 Å². The van der Waals surface area contributed by atoms with Gasteiger partial charge in [0.15, 0.2) is 5.25 Å². The number of hydrogen-bond acceptors (Lipinski definition) is 4. The largest absolute Gasteiger partial charge is 0.468 e. The van der Waals surface area contributed by atoms with Gasteiger partial charge in [-0.15, -0.1) is 0 Å². The third-order valence-electron chi connectivity index (χ3n) is 2.18. The number of benzene rings is 1. The second-order valence-electron chi connectivity index (χ2n) is 3.44. The molecule has 0 heterocycles. The Kier molecular flexibility index (Phi) is 5.41. The lowest BCUT2D eigenvalue weighted by Gasteiger charge is -2.14. The maximum Gasteiger partial charge on any atom is 0.325 e. The third kappa shape index (κ3) is 3.82. The molecule has 1 atom stereocenters. The molecule has 0 aliphatic heterocycles. The lowest BCUT2D eigenvalue weighted by atomic mass is 10.3. The maximum absolute atomic E-state index is 11.9. The minimum Gasteiger partial charge on any atom is -0.468 e. The number of esters is 1. The van der Waals surface area contributed by atoms with Crippen molar-refractivity contribution in [2.45, 2.75) is 12.2 Å². The van der Waals surface area contributed by atoms with E-state index < -0.39 is 21.2 Å². The van der Waals surface area contributed by atoms with Gasteiger partial charge in [-0.05, 0) is 63.6 Å². The van der Waals surface area contributed by atoms with Crippen LogP contribution in [0.2, 0.25) is 0 Å². The highest BCUT2D eigenvalue weighted by atomic mass is 127. The molecule has 0 fully saturated rings. The van der Waals surface area contributed by atoms with Crippen LogP contribution in [0.25, 0.3) is 0 Å². The van der Waals surface area contributed by atoms with Crippen molar-refractivity contribution in [3.63, 3.8) is 0 Å². The predicted molar refractivity (Wildman–Crippen MR) is 80.9 cm³/mol. The summed E-state index contributed by atoms with van der Waals surface area (Å²) in [7, 11) is -2.67. The van der Waals surface area contributed by atoms with E-state index >= 15 is 0 Å². The molecule has 0 aliphatic carbocycles. The van der Waals surface area contributed by atoms with Crippen molar-refractivity contribution in [2.24, 2.45) is 0 Å². The van der Waals surface area contributed by atoms with Crippen LogP contribution in [-0.2, 0) is 19.6 Å². The second-order valence-corrected chi connectivity index (χ2v) is 7.54. The van der Waals surface area contributed by atoms with Crippen LogP contribution in [0.3, 0.4) is 0 Å². The van der Waals surface area contributed by atoms with Gasteiger partial charge >= 0.3 is 5.97 Å². The molecule has 0 aromatic heterocycles. The number of carbonyl (C=O) groups is 1. The van der Waals surface area contributed by atoms with E-state index in [0.29, 0.717) is 10.2 Å². The van der Waals surface area contributed by atoms with Gasteiger partial charge in [0.2, 0.25) is 10.0 Å². The zero-order valence-corrected chi connectivity index (χ0v) is 14.2. The van der Waals surface area contributed by atoms with E-state index in [-0.39, 0.29) is 0 Å². The molecule has 1 N–H and O–H groups in total. The molecule has 1 rings (SSSR count). The van der Waals surface area contributed by atoms with Gasteiger partial charge in [-0.2, -0.15) is 0 Å². The molecule has 100 valence electrons. The molecular formula is C10H11BrINO4S. The number of hydrogen-bond donors (Lipinski definition) is 1. The molecule has 0 radical (unpaired) electrons. The predicted octanol–water partition coefficient (Wildman–Crippen LogP) is 2.36. The van der Waals surface area contributed by atoms with Crippen molar-refractivity contribution in [3.8, 4) is 0 Å². The third-order valence-corrected chi connectivity index (χ3v) is 5.17. The quantitative estimate of drug-likeness (QED) is 0.568. The summed E-state index contributed by atoms with van der Waals surface area (Å²) < 4.78 is 32.1. The van der Waals surface area contributed by atoms with Crippen molar-refractivity contribution >= 4 is 60.2 Å². The monoisotopic (exact) mass is 447 g/mol. The second kappa shape index (κ2) is 6.20. The molecule has 0 amide bonds. The number of carbonyl (C=O) groups excluding carboxylic acids is 1. The van der Waals surface area contributed by atoms with Gasteiger partial charge in [0, 0.05) is 8.04 Å². The molecule has 1 unspecified atom stereocenters. The minimum absolute atomic E-state index is 0.387. The van der Waals surface area contributed by atoms with Crippen molar-refractivity contribution in [2.75, 3.05) is 11.8 Å². The Hall–Kier alpha value is -0.350. The van der Waals surface area contributed by atoms with Crippen molar-refractivity contribution in [3.05, 3.63) is 26.2 Å². The van der Waals surface area contributed by atoms with Crippen molar-refractivity contribution in [1.29, 1.82) is 0 Å². The first-order valence-corrected chi connectivity index (χ1v) is 8.24. The first-order valence-electron chi connectivity index (χ1n) is 4.82. The van der Waals surface area contributed by atoms with Crippen molar-refractivity contribution in [1.82, 2.24) is 0 Å². The lowest BCUT2D eigenvalue weighted by molar-refractivity contribution is -0.139. The first-order chi connectivity index (χ1) is 8.27. The van der Waals surface area contributed by atoms with Crippen LogP contribution < -0.4 is 4.72 Å². The zero-order valence-electron chi connectivity index (χ0n) is 9.61. The Bertz CT molecular complexity index is 561. The van der Waals surface area contributed by atoms with Crippen molar-refractivity contribution < 1.29 is 17.9 Å². The van der Waals surface area contributed by atoms with Gasteiger partial charge in [0.05, 0.1) is 12.8 Å². The van der Waals surface area contributed by atoms with Gasteiger partial charge < -0.3 is 4.74 Å². The van der Waals surface area contributed by atoms with Crippen LogP contribution in [-0.4, -0.2) is 26.7 Å². The van der Waals surface area contributed by atoms with E-state index in [1.807, 2.05) is 6.07 Å². The zero-order chi connectivity index (χ0) is 13.9. The van der Waals surface area contributed by atoms with E-state index in [1.165, 1.54) is 6.92 Å². The van der Waals surface area contributed by atoms with Gasteiger partial charge in [0.1, 0.15) is 0 Å². The van der Waals surface area contributed by atoms with Crippen LogP contribution in [0.5, 0.6) is 0 Å². The SMILES string of the molecule is COC(=O)C(C)S(=O)(=O)Nc1cc(I)ccc1Br. The number of rotatable bonds is 4. The Morgan fingerprint density at radius 3 is 2.67 bits per heavy atom. The van der Waals surface area contributed by atoms with Gasteiger partial charge in [-0.3, -0.25) is 9.52 Å². The summed E-state index contributed by atoms with van der Waals surface area (Å²) in [6.45, 7) is 1.27. The number of sulfonamides is 1. The first kappa shape index (κ1) is 15.7. The van der Waals surface area contributed by atoms with Gasteiger partial charge in [-0.25, -0.2) is 8.42 Å². The Balaban J connectivity index is 3.02. The van der Waals surface area contributed by atoms with E-state index in [2.05, 4.69) is 48.0 Å². The van der Waals surface area contributed by atoms with E-state index in [4.69, 9.17) is 0 Å². The van der Waals surface area contributed by atoms with Crippen LogP contribution in [0.1, 0.15) is 6.92 Å². The molecule has 0 bridgehead atoms. The molecule has 1 aromatic carbocycles. The molecular weight excluding hydrogens is 437 g/mol. The molecule has 0 saturated carbocycles. The number of methoxy groups -OCH3 is 1. The molecule has 0 aliphatic rings. The summed E-state index contributed by atoms with van der Waals surface area (Å²) in [6, 6.07) is 5.21. The maximum atomic E-state index is 11.9. The molecule has 5 nitrogen and oxygen atoms in total. The van der Waals surface area contributed by atoms with Crippen LogP contribution >= 0.6 is 38.5 Å². The lowest BCUT2D eigenvalue weighted by Crippen LogP contribution is -2.33. The van der Waals surface area contributed by atoms with Crippen LogP contribution in [0.4, 0.5) is 5.69 Å². The highest BCUT2D eigenvalue weighted by Crippen LogP contribution is 2.26. The molecule has 1 aromatic rings. The van der Waals surface area contributed by atoms with E-state index in [0.717, 1.165) is 10.7 Å². The fourth-order valence-corrected chi connectivity index (χ4v) is 3.08. The average Bonchev–Trinajstić information content (AvgIpc) is 2.31. The minimum atomic E-state index is -3.82. The summed E-state index contributed by atoms with van der Waals surface area (Å²) in [5.74, 6) is -0.802. The number of halogens is 2. The Morgan fingerprint density at radius 1 is 1.50 bits per heavy atom. The fourth-order valence-electron chi connectivity index (χ4n) is 1.11. The smallest absolute Gasteiger partial charge is 0.325 e. The summed E-state index contributed by atoms with van der Waals surface area (Å²) in [4.78, 5) is 11.2. The fraction of sp³-hybridized carbons (Fsp3) is 0.300. The summed E-state index contributed by atoms with van der Waals surface area (Å²) in [6.07, 6.45) is 0. The average molecular weight is 448 g/mol. The summed E-state index contributed by atoms with van der Waals surface area (Å²) in [5, 5.41) is -1.27. The molecule has 0 saturated heterocycles. The van der Waals surface area contributed by atoms with Gasteiger partial charge in [-0.1, -0.05) is 0 Å². The summed E-state index contributed by atoms with van der Waals surface area (Å²) in [5.41, 5.74) is 0.387. The number of anilines is 1. The highest BCUT2D eigenvalue weighted by Gasteiger charge is 2.29. The van der Waals surface area contributed by atoms with Crippen LogP contribution in [0, 0.1) is 3.57 Å². The highest BCUT2D eigenvalue weighted by molar-refractivity contribution is 14.1.